The van der Waals surface area contributed by atoms with Crippen LogP contribution >= 0.6 is 0 Å². The van der Waals surface area contributed by atoms with Gasteiger partial charge in [0.1, 0.15) is 5.82 Å². The zero-order chi connectivity index (χ0) is 12.4. The van der Waals surface area contributed by atoms with Crippen molar-refractivity contribution in [1.29, 1.82) is 0 Å². The Hall–Kier alpha value is -1.42. The average molecular weight is 237 g/mol. The van der Waals surface area contributed by atoms with E-state index in [0.29, 0.717) is 6.54 Å². The molecule has 92 valence electrons. The van der Waals surface area contributed by atoms with Crippen LogP contribution in [0.4, 0.5) is 4.39 Å². The minimum atomic E-state index is -1.00. The fraction of sp³-hybridized carbons (Fsp3) is 0.462. The van der Waals surface area contributed by atoms with Crippen LogP contribution in [-0.2, 0) is 4.79 Å². The second-order valence-electron chi connectivity index (χ2n) is 4.78. The highest BCUT2D eigenvalue weighted by molar-refractivity contribution is 5.69. The number of carbonyl (C=O) groups is 1. The van der Waals surface area contributed by atoms with Gasteiger partial charge in [-0.2, -0.15) is 0 Å². The fourth-order valence-corrected chi connectivity index (χ4v) is 2.58. The maximum Gasteiger partial charge on any atom is 0.123 e. The van der Waals surface area contributed by atoms with E-state index in [9.17, 15) is 14.3 Å². The first-order chi connectivity index (χ1) is 8.08. The van der Waals surface area contributed by atoms with Gasteiger partial charge in [-0.1, -0.05) is 12.1 Å². The van der Waals surface area contributed by atoms with Crippen molar-refractivity contribution in [3.8, 4) is 0 Å². The number of carboxylic acids is 1. The van der Waals surface area contributed by atoms with Gasteiger partial charge in [0.05, 0.1) is 32.0 Å². The summed E-state index contributed by atoms with van der Waals surface area (Å²) in [4.78, 5) is 12.4. The number of halogens is 1. The van der Waals surface area contributed by atoms with Crippen molar-refractivity contribution in [1.82, 2.24) is 0 Å². The average Bonchev–Trinajstić information content (AvgIpc) is 2.30. The SMILES string of the molecule is C[NH+]1CC[C@H](c2ccc(F)cc2)[C@H](C(=O)[O-])C1. The van der Waals surface area contributed by atoms with E-state index >= 15 is 0 Å². The van der Waals surface area contributed by atoms with Crippen LogP contribution in [0.2, 0.25) is 0 Å². The largest absolute Gasteiger partial charge is 0.550 e. The third-order valence-electron chi connectivity index (χ3n) is 3.54. The van der Waals surface area contributed by atoms with Crippen LogP contribution in [0.5, 0.6) is 0 Å². The third-order valence-corrected chi connectivity index (χ3v) is 3.54. The highest BCUT2D eigenvalue weighted by Gasteiger charge is 2.32. The first kappa shape index (κ1) is 12.0. The Bertz CT molecular complexity index is 404. The number of likely N-dealkylation sites (tertiary alicyclic amines) is 1. The van der Waals surface area contributed by atoms with Crippen LogP contribution in [0.25, 0.3) is 0 Å². The summed E-state index contributed by atoms with van der Waals surface area (Å²) in [5.74, 6) is -1.82. The van der Waals surface area contributed by atoms with Crippen molar-refractivity contribution >= 4 is 5.97 Å². The van der Waals surface area contributed by atoms with Gasteiger partial charge in [0.15, 0.2) is 0 Å². The number of carboxylic acid groups (broad SMARTS) is 1. The molecule has 1 heterocycles. The molecule has 1 unspecified atom stereocenters. The predicted molar refractivity (Wildman–Crippen MR) is 58.9 cm³/mol. The molecular weight excluding hydrogens is 221 g/mol. The standard InChI is InChI=1S/C13H16FNO2/c1-15-7-6-11(12(8-15)13(16)17)9-2-4-10(14)5-3-9/h2-5,11-12H,6-8H2,1H3,(H,16,17)/t11-,12-/m1/s1. The van der Waals surface area contributed by atoms with Crippen molar-refractivity contribution < 1.29 is 19.2 Å². The van der Waals surface area contributed by atoms with Gasteiger partial charge >= 0.3 is 0 Å². The molecule has 1 aliphatic rings. The minimum Gasteiger partial charge on any atom is -0.550 e. The molecule has 0 bridgehead atoms. The molecule has 1 saturated heterocycles. The summed E-state index contributed by atoms with van der Waals surface area (Å²) in [6.45, 7) is 1.51. The van der Waals surface area contributed by atoms with E-state index in [2.05, 4.69) is 0 Å². The van der Waals surface area contributed by atoms with Gasteiger partial charge in [0.2, 0.25) is 0 Å². The van der Waals surface area contributed by atoms with Crippen LogP contribution in [-0.4, -0.2) is 26.1 Å². The molecule has 1 aliphatic heterocycles. The van der Waals surface area contributed by atoms with E-state index in [4.69, 9.17) is 0 Å². The Morgan fingerprint density at radius 1 is 1.41 bits per heavy atom. The molecule has 1 aromatic carbocycles. The number of piperidine rings is 1. The van der Waals surface area contributed by atoms with Crippen molar-refractivity contribution in [2.24, 2.45) is 5.92 Å². The summed E-state index contributed by atoms with van der Waals surface area (Å²) in [5.41, 5.74) is 0.896. The lowest BCUT2D eigenvalue weighted by molar-refractivity contribution is -0.888. The summed E-state index contributed by atoms with van der Waals surface area (Å²) < 4.78 is 12.8. The summed E-state index contributed by atoms with van der Waals surface area (Å²) >= 11 is 0. The molecule has 0 radical (unpaired) electrons. The number of hydrogen-bond donors (Lipinski definition) is 1. The predicted octanol–water partition coefficient (Wildman–Crippen LogP) is -0.806. The first-order valence-corrected chi connectivity index (χ1v) is 5.85. The molecule has 1 aromatic rings. The summed E-state index contributed by atoms with van der Waals surface area (Å²) in [7, 11) is 1.98. The molecule has 1 N–H and O–H groups in total. The normalized spacial score (nSPS) is 28.9. The molecule has 4 heteroatoms. The molecule has 0 aromatic heterocycles. The monoisotopic (exact) mass is 237 g/mol. The number of hydrogen-bond acceptors (Lipinski definition) is 2. The number of rotatable bonds is 2. The number of nitrogens with one attached hydrogen (secondary N) is 1. The van der Waals surface area contributed by atoms with Crippen molar-refractivity contribution in [3.63, 3.8) is 0 Å². The molecule has 2 rings (SSSR count). The van der Waals surface area contributed by atoms with E-state index in [1.165, 1.54) is 17.0 Å². The first-order valence-electron chi connectivity index (χ1n) is 5.85. The Morgan fingerprint density at radius 2 is 2.06 bits per heavy atom. The van der Waals surface area contributed by atoms with Crippen molar-refractivity contribution in [2.75, 3.05) is 20.1 Å². The third kappa shape index (κ3) is 2.64. The maximum atomic E-state index is 12.8. The van der Waals surface area contributed by atoms with Gasteiger partial charge in [-0.25, -0.2) is 4.39 Å². The summed E-state index contributed by atoms with van der Waals surface area (Å²) in [6.07, 6.45) is 0.802. The Morgan fingerprint density at radius 3 is 2.65 bits per heavy atom. The highest BCUT2D eigenvalue weighted by Crippen LogP contribution is 2.28. The molecule has 1 fully saturated rings. The lowest BCUT2D eigenvalue weighted by Gasteiger charge is -2.35. The Balaban J connectivity index is 2.23. The van der Waals surface area contributed by atoms with E-state index in [-0.39, 0.29) is 11.7 Å². The summed E-state index contributed by atoms with van der Waals surface area (Å²) in [5, 5.41) is 11.2. The minimum absolute atomic E-state index is 0.0516. The van der Waals surface area contributed by atoms with Crippen LogP contribution in [0.15, 0.2) is 24.3 Å². The number of aliphatic carboxylic acids is 1. The number of benzene rings is 1. The highest BCUT2D eigenvalue weighted by atomic mass is 19.1. The van der Waals surface area contributed by atoms with Gasteiger partial charge in [-0.3, -0.25) is 0 Å². The Labute approximate surface area is 99.9 Å². The zero-order valence-corrected chi connectivity index (χ0v) is 9.78. The smallest absolute Gasteiger partial charge is 0.123 e. The maximum absolute atomic E-state index is 12.8. The number of carbonyl (C=O) groups excluding carboxylic acids is 1. The number of quaternary nitrogens is 1. The molecule has 0 saturated carbocycles. The van der Waals surface area contributed by atoms with Gasteiger partial charge < -0.3 is 14.8 Å². The fourth-order valence-electron chi connectivity index (χ4n) is 2.58. The van der Waals surface area contributed by atoms with Gasteiger partial charge in [0.25, 0.3) is 0 Å². The van der Waals surface area contributed by atoms with E-state index in [0.717, 1.165) is 18.5 Å². The Kier molecular flexibility index (Phi) is 3.43. The topological polar surface area (TPSA) is 44.6 Å². The van der Waals surface area contributed by atoms with E-state index < -0.39 is 11.9 Å². The molecule has 3 nitrogen and oxygen atoms in total. The summed E-state index contributed by atoms with van der Waals surface area (Å²) in [6, 6.07) is 6.12. The van der Waals surface area contributed by atoms with Gasteiger partial charge in [0, 0.05) is 12.3 Å². The molecule has 0 aliphatic carbocycles. The van der Waals surface area contributed by atoms with Crippen LogP contribution < -0.4 is 10.0 Å². The zero-order valence-electron chi connectivity index (χ0n) is 9.78. The van der Waals surface area contributed by atoms with Crippen LogP contribution in [0.3, 0.4) is 0 Å². The molecule has 3 atom stereocenters. The quantitative estimate of drug-likeness (QED) is 0.731. The molecule has 0 amide bonds. The van der Waals surface area contributed by atoms with Crippen molar-refractivity contribution in [3.05, 3.63) is 35.6 Å². The van der Waals surface area contributed by atoms with Gasteiger partial charge in [-0.05, 0) is 17.7 Å². The molecule has 0 spiro atoms. The lowest BCUT2D eigenvalue weighted by atomic mass is 9.80. The molecular formula is C13H16FNO2. The van der Waals surface area contributed by atoms with E-state index in [1.54, 1.807) is 12.1 Å². The second-order valence-corrected chi connectivity index (χ2v) is 4.78. The van der Waals surface area contributed by atoms with Gasteiger partial charge in [-0.15, -0.1) is 0 Å². The van der Waals surface area contributed by atoms with Crippen LogP contribution in [0, 0.1) is 11.7 Å². The van der Waals surface area contributed by atoms with E-state index in [1.807, 2.05) is 7.05 Å². The lowest BCUT2D eigenvalue weighted by Crippen LogP contribution is -3.11. The molecule has 17 heavy (non-hydrogen) atoms. The second kappa shape index (κ2) is 4.84. The van der Waals surface area contributed by atoms with Crippen molar-refractivity contribution in [2.45, 2.75) is 12.3 Å². The van der Waals surface area contributed by atoms with Crippen LogP contribution in [0.1, 0.15) is 17.9 Å².